The van der Waals surface area contributed by atoms with Gasteiger partial charge in [-0.05, 0) is 0 Å². The molecule has 9 heteroatoms. The highest BCUT2D eigenvalue weighted by molar-refractivity contribution is 4.77. The van der Waals surface area contributed by atoms with Crippen molar-refractivity contribution >= 4 is 0 Å². The van der Waals surface area contributed by atoms with Crippen LogP contribution in [0.3, 0.4) is 0 Å². The molecule has 0 aromatic heterocycles. The van der Waals surface area contributed by atoms with Gasteiger partial charge in [0.1, 0.15) is 0 Å². The van der Waals surface area contributed by atoms with Crippen LogP contribution in [0.1, 0.15) is 0 Å². The molecule has 108 valence electrons. The zero-order valence-corrected chi connectivity index (χ0v) is 9.43. The van der Waals surface area contributed by atoms with Crippen LogP contribution < -0.4 is 0 Å². The van der Waals surface area contributed by atoms with Gasteiger partial charge in [0.2, 0.25) is 0 Å². The number of alkyl halides is 6. The van der Waals surface area contributed by atoms with Gasteiger partial charge in [-0.1, -0.05) is 0 Å². The molecule has 0 bridgehead atoms. The summed E-state index contributed by atoms with van der Waals surface area (Å²) in [6, 6.07) is 0. The number of hydrogen-bond acceptors (Lipinski definition) is 3. The van der Waals surface area contributed by atoms with E-state index >= 15 is 0 Å². The van der Waals surface area contributed by atoms with Gasteiger partial charge in [-0.25, -0.2) is 0 Å². The fraction of sp³-hybridized carbons (Fsp3) is 1.00. The van der Waals surface area contributed by atoms with Gasteiger partial charge in [0, 0.05) is 32.7 Å². The third-order valence-corrected chi connectivity index (χ3v) is 2.68. The summed E-state index contributed by atoms with van der Waals surface area (Å²) < 4.78 is 72.4. The predicted molar refractivity (Wildman–Crippen MR) is 51.0 cm³/mol. The van der Waals surface area contributed by atoms with Crippen LogP contribution in [-0.2, 0) is 0 Å². The van der Waals surface area contributed by atoms with Gasteiger partial charge >= 0.3 is 12.4 Å². The smallest absolute Gasteiger partial charge is 0.382 e. The second-order valence-corrected chi connectivity index (χ2v) is 4.25. The Morgan fingerprint density at radius 2 is 1.33 bits per heavy atom. The molecule has 1 atom stereocenters. The molecule has 1 N–H and O–H groups in total. The lowest BCUT2D eigenvalue weighted by molar-refractivity contribution is -0.209. The van der Waals surface area contributed by atoms with E-state index in [2.05, 4.69) is 0 Å². The maximum atomic E-state index is 12.1. The second-order valence-electron chi connectivity index (χ2n) is 4.25. The summed E-state index contributed by atoms with van der Waals surface area (Å²) >= 11 is 0. The van der Waals surface area contributed by atoms with Gasteiger partial charge < -0.3 is 5.11 Å². The lowest BCUT2D eigenvalue weighted by Gasteiger charge is -2.35. The Labute approximate surface area is 100.0 Å². The number of β-amino-alcohol motifs (C(OH)–C–C–N with tert-alkyl or cyclic N) is 1. The third-order valence-electron chi connectivity index (χ3n) is 2.68. The van der Waals surface area contributed by atoms with Crippen LogP contribution in [0.4, 0.5) is 26.3 Å². The van der Waals surface area contributed by atoms with Gasteiger partial charge in [-0.15, -0.1) is 0 Å². The molecule has 3 nitrogen and oxygen atoms in total. The van der Waals surface area contributed by atoms with Crippen LogP contribution in [0.2, 0.25) is 0 Å². The van der Waals surface area contributed by atoms with Crippen LogP contribution in [0, 0.1) is 0 Å². The zero-order valence-electron chi connectivity index (χ0n) is 9.43. The second kappa shape index (κ2) is 5.62. The molecular weight excluding hydrogens is 266 g/mol. The predicted octanol–water partition coefficient (Wildman–Crippen LogP) is 1.09. The Morgan fingerprint density at radius 1 is 0.889 bits per heavy atom. The molecule has 1 aliphatic rings. The first kappa shape index (κ1) is 15.5. The first-order valence-corrected chi connectivity index (χ1v) is 5.34. The molecule has 1 aliphatic heterocycles. The first-order chi connectivity index (χ1) is 8.08. The Balaban J connectivity index is 2.32. The Kier molecular flexibility index (Phi) is 4.84. The van der Waals surface area contributed by atoms with Gasteiger partial charge in [-0.2, -0.15) is 26.3 Å². The molecule has 1 saturated heterocycles. The number of piperazine rings is 1. The number of aliphatic hydroxyl groups is 1. The summed E-state index contributed by atoms with van der Waals surface area (Å²) in [6.45, 7) is -1.38. The van der Waals surface area contributed by atoms with Gasteiger partial charge in [-0.3, -0.25) is 9.80 Å². The van der Waals surface area contributed by atoms with E-state index in [0.29, 0.717) is 0 Å². The van der Waals surface area contributed by atoms with Crippen LogP contribution in [0.25, 0.3) is 0 Å². The number of hydrogen-bond donors (Lipinski definition) is 1. The van der Waals surface area contributed by atoms with E-state index in [1.54, 1.807) is 0 Å². The molecule has 1 fully saturated rings. The van der Waals surface area contributed by atoms with Crippen LogP contribution in [0.15, 0.2) is 0 Å². The van der Waals surface area contributed by atoms with Crippen molar-refractivity contribution in [2.24, 2.45) is 0 Å². The van der Waals surface area contributed by atoms with E-state index in [1.165, 1.54) is 4.90 Å². The number of aliphatic hydroxyl groups excluding tert-OH is 1. The average molecular weight is 280 g/mol. The summed E-state index contributed by atoms with van der Waals surface area (Å²) in [5.41, 5.74) is 0. The fourth-order valence-corrected chi connectivity index (χ4v) is 1.73. The maximum Gasteiger partial charge on any atom is 0.415 e. The maximum absolute atomic E-state index is 12.1. The van der Waals surface area contributed by atoms with Crippen molar-refractivity contribution in [2.75, 3.05) is 39.3 Å². The van der Waals surface area contributed by atoms with E-state index in [1.807, 2.05) is 0 Å². The highest BCUT2D eigenvalue weighted by Crippen LogP contribution is 2.22. The first-order valence-electron chi connectivity index (χ1n) is 5.34. The Hall–Kier alpha value is -0.540. The third kappa shape index (κ3) is 5.40. The van der Waals surface area contributed by atoms with E-state index in [9.17, 15) is 26.3 Å². The molecule has 0 aromatic carbocycles. The molecule has 0 amide bonds. The van der Waals surface area contributed by atoms with Gasteiger partial charge in [0.25, 0.3) is 0 Å². The highest BCUT2D eigenvalue weighted by atomic mass is 19.4. The van der Waals surface area contributed by atoms with E-state index in [-0.39, 0.29) is 26.2 Å². The summed E-state index contributed by atoms with van der Waals surface area (Å²) in [5.74, 6) is 0. The standard InChI is InChI=1S/C9H14F6N2O/c10-8(11,12)6-17-3-1-16(2-4-17)5-7(18)9(13,14)15/h7,18H,1-6H2. The number of rotatable bonds is 3. The topological polar surface area (TPSA) is 26.7 Å². The van der Waals surface area contributed by atoms with Crippen molar-refractivity contribution in [3.63, 3.8) is 0 Å². The molecule has 0 aromatic rings. The Bertz CT molecular complexity index is 259. The van der Waals surface area contributed by atoms with Crippen molar-refractivity contribution in [1.82, 2.24) is 9.80 Å². The van der Waals surface area contributed by atoms with Gasteiger partial charge in [0.15, 0.2) is 6.10 Å². The SMILES string of the molecule is OC(CN1CCN(CC(F)(F)F)CC1)C(F)(F)F. The minimum absolute atomic E-state index is 0.0457. The lowest BCUT2D eigenvalue weighted by atomic mass is 10.2. The monoisotopic (exact) mass is 280 g/mol. The summed E-state index contributed by atoms with van der Waals surface area (Å²) in [6.07, 6.45) is -11.4. The normalized spacial score (nSPS) is 22.2. The highest BCUT2D eigenvalue weighted by Gasteiger charge is 2.40. The summed E-state index contributed by atoms with van der Waals surface area (Å²) in [5, 5.41) is 8.83. The van der Waals surface area contributed by atoms with Crippen LogP contribution >= 0.6 is 0 Å². The van der Waals surface area contributed by atoms with Crippen molar-refractivity contribution in [1.29, 1.82) is 0 Å². The molecule has 0 spiro atoms. The van der Waals surface area contributed by atoms with E-state index in [4.69, 9.17) is 5.11 Å². The van der Waals surface area contributed by atoms with Crippen molar-refractivity contribution in [2.45, 2.75) is 18.5 Å². The fourth-order valence-electron chi connectivity index (χ4n) is 1.73. The van der Waals surface area contributed by atoms with Crippen molar-refractivity contribution < 1.29 is 31.4 Å². The quantitative estimate of drug-likeness (QED) is 0.784. The number of halogens is 6. The molecule has 0 saturated carbocycles. The molecule has 0 radical (unpaired) electrons. The lowest BCUT2D eigenvalue weighted by Crippen LogP contribution is -2.52. The molecule has 0 aliphatic carbocycles. The minimum Gasteiger partial charge on any atom is -0.382 e. The Morgan fingerprint density at radius 3 is 1.72 bits per heavy atom. The zero-order chi connectivity index (χ0) is 14.0. The average Bonchev–Trinajstić information content (AvgIpc) is 2.17. The van der Waals surface area contributed by atoms with Crippen LogP contribution in [-0.4, -0.2) is 72.6 Å². The molecule has 1 rings (SSSR count). The van der Waals surface area contributed by atoms with E-state index < -0.39 is 31.5 Å². The summed E-state index contributed by atoms with van der Waals surface area (Å²) in [7, 11) is 0. The van der Waals surface area contributed by atoms with Gasteiger partial charge in [0.05, 0.1) is 6.54 Å². The van der Waals surface area contributed by atoms with Crippen molar-refractivity contribution in [3.05, 3.63) is 0 Å². The summed E-state index contributed by atoms with van der Waals surface area (Å²) in [4.78, 5) is 2.45. The van der Waals surface area contributed by atoms with Crippen LogP contribution in [0.5, 0.6) is 0 Å². The largest absolute Gasteiger partial charge is 0.415 e. The minimum atomic E-state index is -4.69. The molecule has 1 heterocycles. The number of nitrogens with zero attached hydrogens (tertiary/aromatic N) is 2. The van der Waals surface area contributed by atoms with E-state index in [0.717, 1.165) is 4.90 Å². The molecular formula is C9H14F6N2O. The molecule has 1 unspecified atom stereocenters. The van der Waals surface area contributed by atoms with Crippen molar-refractivity contribution in [3.8, 4) is 0 Å². The molecule has 18 heavy (non-hydrogen) atoms.